The van der Waals surface area contributed by atoms with Crippen molar-refractivity contribution in [1.29, 1.82) is 0 Å². The first-order valence-corrected chi connectivity index (χ1v) is 7.17. The first kappa shape index (κ1) is 14.7. The molecule has 2 heterocycles. The zero-order valence-corrected chi connectivity index (χ0v) is 12.1. The van der Waals surface area contributed by atoms with Crippen LogP contribution in [0.3, 0.4) is 0 Å². The van der Waals surface area contributed by atoms with Gasteiger partial charge in [-0.2, -0.15) is 5.10 Å². The molecule has 20 heavy (non-hydrogen) atoms. The fourth-order valence-corrected chi connectivity index (χ4v) is 2.41. The van der Waals surface area contributed by atoms with Crippen molar-refractivity contribution in [2.24, 2.45) is 11.7 Å². The van der Waals surface area contributed by atoms with Gasteiger partial charge >= 0.3 is 0 Å². The van der Waals surface area contributed by atoms with E-state index >= 15 is 0 Å². The minimum absolute atomic E-state index is 0.0194. The third kappa shape index (κ3) is 3.45. The fourth-order valence-electron chi connectivity index (χ4n) is 2.41. The van der Waals surface area contributed by atoms with Crippen LogP contribution in [0.5, 0.6) is 0 Å². The predicted octanol–water partition coefficient (Wildman–Crippen LogP) is 0.545. The maximum Gasteiger partial charge on any atom is 0.224 e. The maximum atomic E-state index is 11.9. The number of hydrogen-bond acceptors (Lipinski definition) is 5. The standard InChI is InChI=1S/C14H23N5O/c1-10(11(2)15)14(20)16-9-12-5-4-8-19(12)13-6-3-7-17-18-13/h3,6-7,10-12H,4-5,8-9,15H2,1-2H3,(H,16,20). The molecule has 110 valence electrons. The Morgan fingerprint density at radius 3 is 3.05 bits per heavy atom. The molecule has 1 aliphatic rings. The van der Waals surface area contributed by atoms with Gasteiger partial charge in [0.25, 0.3) is 0 Å². The summed E-state index contributed by atoms with van der Waals surface area (Å²) in [7, 11) is 0. The van der Waals surface area contributed by atoms with E-state index < -0.39 is 0 Å². The number of nitrogens with two attached hydrogens (primary N) is 1. The highest BCUT2D eigenvalue weighted by Crippen LogP contribution is 2.22. The lowest BCUT2D eigenvalue weighted by molar-refractivity contribution is -0.124. The van der Waals surface area contributed by atoms with Crippen LogP contribution in [0, 0.1) is 5.92 Å². The van der Waals surface area contributed by atoms with Gasteiger partial charge in [0.05, 0.1) is 0 Å². The molecule has 2 rings (SSSR count). The molecule has 0 aliphatic carbocycles. The van der Waals surface area contributed by atoms with Gasteiger partial charge in [-0.05, 0) is 31.9 Å². The second-order valence-electron chi connectivity index (χ2n) is 5.46. The van der Waals surface area contributed by atoms with E-state index in [9.17, 15) is 4.79 Å². The number of aromatic nitrogens is 2. The minimum Gasteiger partial charge on any atom is -0.354 e. The monoisotopic (exact) mass is 277 g/mol. The average molecular weight is 277 g/mol. The molecule has 1 aromatic rings. The summed E-state index contributed by atoms with van der Waals surface area (Å²) in [6.45, 7) is 5.30. The molecule has 0 spiro atoms. The van der Waals surface area contributed by atoms with Crippen LogP contribution in [0.15, 0.2) is 18.3 Å². The molecule has 0 bridgehead atoms. The minimum atomic E-state index is -0.165. The SMILES string of the molecule is CC(N)C(C)C(=O)NCC1CCCN1c1cccnn1. The molecule has 1 amide bonds. The Kier molecular flexibility index (Phi) is 4.89. The van der Waals surface area contributed by atoms with E-state index in [1.807, 2.05) is 26.0 Å². The van der Waals surface area contributed by atoms with Crippen LogP contribution in [0.1, 0.15) is 26.7 Å². The predicted molar refractivity (Wildman–Crippen MR) is 78.2 cm³/mol. The van der Waals surface area contributed by atoms with Crippen molar-refractivity contribution < 1.29 is 4.79 Å². The third-order valence-corrected chi connectivity index (χ3v) is 3.94. The first-order valence-electron chi connectivity index (χ1n) is 7.17. The van der Waals surface area contributed by atoms with Crippen molar-refractivity contribution >= 4 is 11.7 Å². The molecule has 0 radical (unpaired) electrons. The first-order chi connectivity index (χ1) is 9.59. The Hall–Kier alpha value is -1.69. The highest BCUT2D eigenvalue weighted by molar-refractivity contribution is 5.79. The fraction of sp³-hybridized carbons (Fsp3) is 0.643. The van der Waals surface area contributed by atoms with Gasteiger partial charge in [0.15, 0.2) is 5.82 Å². The Labute approximate surface area is 119 Å². The van der Waals surface area contributed by atoms with Crippen molar-refractivity contribution in [2.75, 3.05) is 18.0 Å². The number of nitrogens with one attached hydrogen (secondary N) is 1. The number of carbonyl (C=O) groups is 1. The van der Waals surface area contributed by atoms with Gasteiger partial charge in [-0.1, -0.05) is 6.92 Å². The van der Waals surface area contributed by atoms with Crippen molar-refractivity contribution in [3.05, 3.63) is 18.3 Å². The molecule has 1 aromatic heterocycles. The van der Waals surface area contributed by atoms with Gasteiger partial charge in [0, 0.05) is 37.3 Å². The quantitative estimate of drug-likeness (QED) is 0.821. The number of anilines is 1. The van der Waals surface area contributed by atoms with Gasteiger partial charge < -0.3 is 16.0 Å². The maximum absolute atomic E-state index is 11.9. The summed E-state index contributed by atoms with van der Waals surface area (Å²) >= 11 is 0. The lowest BCUT2D eigenvalue weighted by atomic mass is 10.0. The van der Waals surface area contributed by atoms with E-state index in [4.69, 9.17) is 5.73 Å². The van der Waals surface area contributed by atoms with Gasteiger partial charge in [-0.15, -0.1) is 5.10 Å². The van der Waals surface area contributed by atoms with Gasteiger partial charge in [-0.3, -0.25) is 4.79 Å². The van der Waals surface area contributed by atoms with E-state index in [-0.39, 0.29) is 23.9 Å². The molecule has 6 nitrogen and oxygen atoms in total. The molecule has 6 heteroatoms. The summed E-state index contributed by atoms with van der Waals surface area (Å²) in [6, 6.07) is 4.00. The van der Waals surface area contributed by atoms with E-state index in [1.54, 1.807) is 6.20 Å². The van der Waals surface area contributed by atoms with Gasteiger partial charge in [0.2, 0.25) is 5.91 Å². The second kappa shape index (κ2) is 6.65. The molecule has 0 aromatic carbocycles. The molecular weight excluding hydrogens is 254 g/mol. The van der Waals surface area contributed by atoms with E-state index in [0.717, 1.165) is 25.2 Å². The molecule has 1 fully saturated rings. The number of amides is 1. The molecule has 1 saturated heterocycles. The van der Waals surface area contributed by atoms with Crippen LogP contribution in [0.2, 0.25) is 0 Å². The average Bonchev–Trinajstić information content (AvgIpc) is 2.93. The van der Waals surface area contributed by atoms with Crippen molar-refractivity contribution in [1.82, 2.24) is 15.5 Å². The number of hydrogen-bond donors (Lipinski definition) is 2. The summed E-state index contributed by atoms with van der Waals surface area (Å²) in [5.41, 5.74) is 5.75. The summed E-state index contributed by atoms with van der Waals surface area (Å²) in [4.78, 5) is 14.2. The largest absolute Gasteiger partial charge is 0.354 e. The third-order valence-electron chi connectivity index (χ3n) is 3.94. The zero-order chi connectivity index (χ0) is 14.5. The molecule has 0 saturated carbocycles. The number of rotatable bonds is 5. The summed E-state index contributed by atoms with van der Waals surface area (Å²) < 4.78 is 0. The number of nitrogens with zero attached hydrogens (tertiary/aromatic N) is 3. The van der Waals surface area contributed by atoms with Gasteiger partial charge in [-0.25, -0.2) is 0 Å². The van der Waals surface area contributed by atoms with Crippen molar-refractivity contribution in [3.8, 4) is 0 Å². The van der Waals surface area contributed by atoms with Crippen LogP contribution >= 0.6 is 0 Å². The summed E-state index contributed by atoms with van der Waals surface area (Å²) in [5.74, 6) is 0.733. The number of carbonyl (C=O) groups excluding carboxylic acids is 1. The second-order valence-corrected chi connectivity index (χ2v) is 5.46. The van der Waals surface area contributed by atoms with E-state index in [2.05, 4.69) is 20.4 Å². The van der Waals surface area contributed by atoms with Crippen LogP contribution in [-0.2, 0) is 4.79 Å². The molecule has 3 unspecified atom stereocenters. The summed E-state index contributed by atoms with van der Waals surface area (Å²) in [5, 5.41) is 11.1. The van der Waals surface area contributed by atoms with E-state index in [1.165, 1.54) is 0 Å². The smallest absolute Gasteiger partial charge is 0.224 e. The Morgan fingerprint density at radius 1 is 1.60 bits per heavy atom. The highest BCUT2D eigenvalue weighted by Gasteiger charge is 2.27. The lowest BCUT2D eigenvalue weighted by Crippen LogP contribution is -2.45. The van der Waals surface area contributed by atoms with Crippen molar-refractivity contribution in [3.63, 3.8) is 0 Å². The topological polar surface area (TPSA) is 84.1 Å². The van der Waals surface area contributed by atoms with Crippen LogP contribution in [-0.4, -0.2) is 41.3 Å². The Bertz CT molecular complexity index is 436. The lowest BCUT2D eigenvalue weighted by Gasteiger charge is -2.26. The van der Waals surface area contributed by atoms with E-state index in [0.29, 0.717) is 6.54 Å². The normalized spacial score (nSPS) is 21.6. The van der Waals surface area contributed by atoms with Crippen LogP contribution in [0.4, 0.5) is 5.82 Å². The molecule has 3 atom stereocenters. The zero-order valence-electron chi connectivity index (χ0n) is 12.1. The van der Waals surface area contributed by atoms with Gasteiger partial charge in [0.1, 0.15) is 0 Å². The Morgan fingerprint density at radius 2 is 2.40 bits per heavy atom. The Balaban J connectivity index is 1.91. The molecular formula is C14H23N5O. The molecule has 3 N–H and O–H groups in total. The highest BCUT2D eigenvalue weighted by atomic mass is 16.1. The summed E-state index contributed by atoms with van der Waals surface area (Å²) in [6.07, 6.45) is 3.84. The molecule has 1 aliphatic heterocycles. The van der Waals surface area contributed by atoms with Crippen LogP contribution in [0.25, 0.3) is 0 Å². The van der Waals surface area contributed by atoms with Crippen molar-refractivity contribution in [2.45, 2.75) is 38.8 Å². The van der Waals surface area contributed by atoms with Crippen LogP contribution < -0.4 is 16.0 Å².